The molecule has 0 atom stereocenters. The van der Waals surface area contributed by atoms with Gasteiger partial charge in [0, 0.05) is 25.8 Å². The third-order valence-corrected chi connectivity index (χ3v) is 4.24. The minimum absolute atomic E-state index is 0. The fraction of sp³-hybridized carbons (Fsp3) is 0.526. The maximum Gasteiger partial charge on any atom is 0 e. The summed E-state index contributed by atoms with van der Waals surface area (Å²) in [6.07, 6.45) is 3.63. The van der Waals surface area contributed by atoms with Crippen LogP contribution in [0.1, 0.15) is 51.3 Å². The van der Waals surface area contributed by atoms with Crippen LogP contribution in [-0.4, -0.2) is 0 Å². The van der Waals surface area contributed by atoms with Crippen LogP contribution in [0.25, 0.3) is 10.8 Å². The van der Waals surface area contributed by atoms with Crippen LogP contribution in [0.15, 0.2) is 24.3 Å². The summed E-state index contributed by atoms with van der Waals surface area (Å²) in [5, 5.41) is 2.93. The maximum absolute atomic E-state index is 2.47. The zero-order valence-corrected chi connectivity index (χ0v) is 17.0. The molecule has 1 aliphatic rings. The Balaban J connectivity index is 0.00000147. The fourth-order valence-corrected chi connectivity index (χ4v) is 3.55. The first-order valence-corrected chi connectivity index (χ1v) is 7.44. The molecule has 0 bridgehead atoms. The van der Waals surface area contributed by atoms with E-state index in [0.29, 0.717) is 10.8 Å². The van der Waals surface area contributed by atoms with Crippen molar-refractivity contribution in [2.45, 2.75) is 53.9 Å². The second-order valence-corrected chi connectivity index (χ2v) is 8.32. The quantitative estimate of drug-likeness (QED) is 0.426. The van der Waals surface area contributed by atoms with Gasteiger partial charge in [0.25, 0.3) is 0 Å². The van der Waals surface area contributed by atoms with E-state index in [1.54, 1.807) is 11.1 Å². The Morgan fingerprint density at radius 2 is 1.70 bits per heavy atom. The molecule has 0 unspecified atom stereocenters. The summed E-state index contributed by atoms with van der Waals surface area (Å²) in [5.41, 5.74) is 5.49. The second-order valence-electron chi connectivity index (χ2n) is 8.32. The smallest absolute Gasteiger partial charge is 0 e. The molecule has 3 rings (SSSR count). The standard InChI is InChI=1S/C19H25.Hf/c1-18(2,3)10-14-7-6-13-8-15-11-19(4,5)12-16(15)9-17(13)14;/h6-9H,10-12H2,1-5H3;/q-1;. The average Bonchev–Trinajstić information content (AvgIpc) is 2.72. The predicted octanol–water partition coefficient (Wildman–Crippen LogP) is 5.27. The van der Waals surface area contributed by atoms with Crippen molar-refractivity contribution in [3.63, 3.8) is 0 Å². The van der Waals surface area contributed by atoms with Crippen molar-refractivity contribution in [3.8, 4) is 0 Å². The van der Waals surface area contributed by atoms with Crippen molar-refractivity contribution in [3.05, 3.63) is 41.0 Å². The molecular formula is C19H25Hf-. The van der Waals surface area contributed by atoms with Gasteiger partial charge in [-0.25, -0.2) is 0 Å². The molecule has 0 saturated heterocycles. The van der Waals surface area contributed by atoms with E-state index in [-0.39, 0.29) is 25.8 Å². The van der Waals surface area contributed by atoms with Gasteiger partial charge in [0.2, 0.25) is 0 Å². The van der Waals surface area contributed by atoms with Crippen molar-refractivity contribution in [1.29, 1.82) is 0 Å². The van der Waals surface area contributed by atoms with Gasteiger partial charge in [0.05, 0.1) is 0 Å². The predicted molar refractivity (Wildman–Crippen MR) is 83.9 cm³/mol. The molecule has 106 valence electrons. The SMILES string of the molecule is CC(C)(C)C[c-]1ccc2cc3c(cc21)CC(C)(C)C3.[Hf]. The molecule has 1 heteroatoms. The number of benzene rings is 1. The normalized spacial score (nSPS) is 17.1. The Hall–Kier alpha value is -0.300. The molecular weight excluding hydrogens is 407 g/mol. The molecule has 0 fully saturated rings. The van der Waals surface area contributed by atoms with Gasteiger partial charge in [-0.3, -0.25) is 0 Å². The summed E-state index contributed by atoms with van der Waals surface area (Å²) in [6, 6.07) is 9.55. The number of hydrogen-bond acceptors (Lipinski definition) is 0. The number of rotatable bonds is 1. The summed E-state index contributed by atoms with van der Waals surface area (Å²) >= 11 is 0. The summed E-state index contributed by atoms with van der Waals surface area (Å²) in [6.45, 7) is 11.7. The van der Waals surface area contributed by atoms with Crippen molar-refractivity contribution >= 4 is 10.8 Å². The first kappa shape index (κ1) is 16.1. The Bertz CT molecular complexity index is 623. The van der Waals surface area contributed by atoms with E-state index in [1.807, 2.05) is 0 Å². The van der Waals surface area contributed by atoms with E-state index < -0.39 is 0 Å². The summed E-state index contributed by atoms with van der Waals surface area (Å²) in [4.78, 5) is 0. The summed E-state index contributed by atoms with van der Waals surface area (Å²) in [5.74, 6) is 0. The number of fused-ring (bicyclic) bond motifs is 2. The van der Waals surface area contributed by atoms with Crippen LogP contribution in [0.3, 0.4) is 0 Å². The molecule has 0 aliphatic heterocycles. The summed E-state index contributed by atoms with van der Waals surface area (Å²) in [7, 11) is 0. The van der Waals surface area contributed by atoms with Gasteiger partial charge in [-0.05, 0) is 23.7 Å². The van der Waals surface area contributed by atoms with Gasteiger partial charge in [-0.15, -0.1) is 34.5 Å². The van der Waals surface area contributed by atoms with Crippen molar-refractivity contribution in [2.24, 2.45) is 10.8 Å². The van der Waals surface area contributed by atoms with Crippen LogP contribution >= 0.6 is 0 Å². The third kappa shape index (κ3) is 3.13. The van der Waals surface area contributed by atoms with Crippen LogP contribution in [0.2, 0.25) is 0 Å². The van der Waals surface area contributed by atoms with Crippen molar-refractivity contribution < 1.29 is 25.8 Å². The molecule has 20 heavy (non-hydrogen) atoms. The Kier molecular flexibility index (Phi) is 4.15. The second kappa shape index (κ2) is 5.16. The van der Waals surface area contributed by atoms with Gasteiger partial charge >= 0.3 is 0 Å². The topological polar surface area (TPSA) is 0 Å². The van der Waals surface area contributed by atoms with E-state index in [4.69, 9.17) is 0 Å². The third-order valence-electron chi connectivity index (χ3n) is 4.24. The zero-order valence-electron chi connectivity index (χ0n) is 13.4. The van der Waals surface area contributed by atoms with Crippen LogP contribution < -0.4 is 0 Å². The minimum Gasteiger partial charge on any atom is -0.168 e. The zero-order chi connectivity index (χ0) is 13.8. The molecule has 0 spiro atoms. The van der Waals surface area contributed by atoms with Crippen LogP contribution in [0.5, 0.6) is 0 Å². The first-order valence-electron chi connectivity index (χ1n) is 7.44. The van der Waals surface area contributed by atoms with Crippen LogP contribution in [0, 0.1) is 10.8 Å². The van der Waals surface area contributed by atoms with Gasteiger partial charge in [-0.1, -0.05) is 52.2 Å². The Morgan fingerprint density at radius 1 is 1.10 bits per heavy atom. The van der Waals surface area contributed by atoms with Crippen LogP contribution in [0.4, 0.5) is 0 Å². The molecule has 0 aromatic heterocycles. The molecule has 0 amide bonds. The molecule has 0 nitrogen and oxygen atoms in total. The maximum atomic E-state index is 2.47. The largest absolute Gasteiger partial charge is 0.168 e. The Labute approximate surface area is 142 Å². The molecule has 2 aromatic carbocycles. The summed E-state index contributed by atoms with van der Waals surface area (Å²) < 4.78 is 0. The first-order chi connectivity index (χ1) is 8.73. The Morgan fingerprint density at radius 3 is 2.30 bits per heavy atom. The molecule has 1 aliphatic carbocycles. The molecule has 0 radical (unpaired) electrons. The van der Waals surface area contributed by atoms with E-state index in [1.165, 1.54) is 35.6 Å². The van der Waals surface area contributed by atoms with Gasteiger partial charge in [0.1, 0.15) is 0 Å². The van der Waals surface area contributed by atoms with Gasteiger partial charge in [-0.2, -0.15) is 6.07 Å². The van der Waals surface area contributed by atoms with Crippen molar-refractivity contribution in [2.75, 3.05) is 0 Å². The van der Waals surface area contributed by atoms with Gasteiger partial charge in [0.15, 0.2) is 0 Å². The number of hydrogen-bond donors (Lipinski definition) is 0. The van der Waals surface area contributed by atoms with Gasteiger partial charge < -0.3 is 0 Å². The minimum atomic E-state index is 0. The molecule has 0 heterocycles. The van der Waals surface area contributed by atoms with Crippen molar-refractivity contribution in [1.82, 2.24) is 0 Å². The van der Waals surface area contributed by atoms with E-state index >= 15 is 0 Å². The molecule has 2 aromatic rings. The molecule has 0 N–H and O–H groups in total. The van der Waals surface area contributed by atoms with Crippen LogP contribution in [-0.2, 0) is 45.1 Å². The van der Waals surface area contributed by atoms with E-state index in [9.17, 15) is 0 Å². The monoisotopic (exact) mass is 433 g/mol. The fourth-order valence-electron chi connectivity index (χ4n) is 3.55. The van der Waals surface area contributed by atoms with E-state index in [0.717, 1.165) is 0 Å². The average molecular weight is 432 g/mol. The molecule has 0 saturated carbocycles. The van der Waals surface area contributed by atoms with E-state index in [2.05, 4.69) is 58.9 Å².